The Morgan fingerprint density at radius 2 is 1.85 bits per heavy atom. The number of nitrogens with zero attached hydrogens (tertiary/aromatic N) is 4. The summed E-state index contributed by atoms with van der Waals surface area (Å²) in [6.45, 7) is 5.22. The normalized spacial score (nSPS) is 15.0. The van der Waals surface area contributed by atoms with Crippen molar-refractivity contribution in [2.45, 2.75) is 51.4 Å². The lowest BCUT2D eigenvalue weighted by Gasteiger charge is -2.32. The number of para-hydroxylation sites is 1. The maximum absolute atomic E-state index is 15.0. The number of thiazole rings is 1. The molecule has 10 nitrogen and oxygen atoms in total. The van der Waals surface area contributed by atoms with Crippen molar-refractivity contribution in [3.8, 4) is 22.1 Å². The number of carbonyl (C=O) groups excluding carboxylic acids is 2. The number of ether oxygens (including phenoxy) is 2. The summed E-state index contributed by atoms with van der Waals surface area (Å²) in [5.41, 5.74) is -1.93. The Labute approximate surface area is 265 Å². The van der Waals surface area contributed by atoms with Crippen LogP contribution in [0.2, 0.25) is 0 Å². The van der Waals surface area contributed by atoms with E-state index in [1.54, 1.807) is 26.8 Å². The van der Waals surface area contributed by atoms with Crippen molar-refractivity contribution >= 4 is 34.7 Å². The van der Waals surface area contributed by atoms with Crippen LogP contribution in [0.4, 0.5) is 33.7 Å². The monoisotopic (exact) mass is 658 g/mol. The summed E-state index contributed by atoms with van der Waals surface area (Å²) in [7, 11) is 0. The van der Waals surface area contributed by atoms with Gasteiger partial charge in [-0.2, -0.15) is 23.4 Å². The highest BCUT2D eigenvalue weighted by Gasteiger charge is 2.43. The molecule has 0 spiro atoms. The molecule has 3 heterocycles. The van der Waals surface area contributed by atoms with Gasteiger partial charge in [-0.25, -0.2) is 14.2 Å². The fraction of sp³-hybridized carbons (Fsp3) is 0.323. The molecule has 2 aromatic carbocycles. The molecule has 2 amide bonds. The Bertz CT molecular complexity index is 1710. The van der Waals surface area contributed by atoms with Gasteiger partial charge in [0.2, 0.25) is 0 Å². The minimum atomic E-state index is -5.00. The van der Waals surface area contributed by atoms with Gasteiger partial charge in [0.15, 0.2) is 11.6 Å². The zero-order chi connectivity index (χ0) is 33.1. The molecule has 2 N–H and O–H groups in total. The Kier molecular flexibility index (Phi) is 9.42. The summed E-state index contributed by atoms with van der Waals surface area (Å²) in [6, 6.07) is 8.48. The third kappa shape index (κ3) is 7.70. The zero-order valence-corrected chi connectivity index (χ0v) is 25.8. The molecule has 1 aliphatic heterocycles. The molecule has 1 fully saturated rings. The standard InChI is InChI=1S/C31H30F4N6O4S/c1-30(2,3)45-29(43)36-16-19-7-6-14-41(19)26-21(39-27(42)22-17-46-28(40-22)18-12-13-37-38-15-18)10-11-24(25(26)31(33,34)35)44-23-9-5-4-8-20(23)32/h4-5,8-13,15,17,19H,6-7,14,16H2,1-3H3,(H,36,43)(H,39,42)/t19-/m1/s1. The number of halogens is 4. The van der Waals surface area contributed by atoms with E-state index in [1.807, 2.05) is 0 Å². The van der Waals surface area contributed by atoms with Gasteiger partial charge in [0.25, 0.3) is 5.91 Å². The molecular weight excluding hydrogens is 628 g/mol. The fourth-order valence-corrected chi connectivity index (χ4v) is 5.74. The van der Waals surface area contributed by atoms with Gasteiger partial charge < -0.3 is 25.0 Å². The average molecular weight is 659 g/mol. The van der Waals surface area contributed by atoms with Gasteiger partial charge in [-0.15, -0.1) is 11.3 Å². The van der Waals surface area contributed by atoms with Crippen LogP contribution in [0.15, 0.2) is 60.2 Å². The third-order valence-corrected chi connectivity index (χ3v) is 7.73. The first-order chi connectivity index (χ1) is 21.8. The van der Waals surface area contributed by atoms with E-state index in [1.165, 1.54) is 46.9 Å². The van der Waals surface area contributed by atoms with E-state index in [4.69, 9.17) is 9.47 Å². The molecule has 0 saturated carbocycles. The van der Waals surface area contributed by atoms with Crippen LogP contribution in [0.25, 0.3) is 10.6 Å². The van der Waals surface area contributed by atoms with Gasteiger partial charge in [-0.1, -0.05) is 12.1 Å². The van der Waals surface area contributed by atoms with Crippen LogP contribution in [-0.4, -0.2) is 51.9 Å². The predicted octanol–water partition coefficient (Wildman–Crippen LogP) is 7.30. The van der Waals surface area contributed by atoms with Crippen LogP contribution in [0.1, 0.15) is 49.7 Å². The summed E-state index contributed by atoms with van der Waals surface area (Å²) in [5, 5.41) is 14.7. The second-order valence-electron chi connectivity index (χ2n) is 11.4. The fourth-order valence-electron chi connectivity index (χ4n) is 4.95. The number of anilines is 2. The van der Waals surface area contributed by atoms with E-state index in [0.29, 0.717) is 23.4 Å². The van der Waals surface area contributed by atoms with Crippen molar-refractivity contribution in [2.24, 2.45) is 0 Å². The summed E-state index contributed by atoms with van der Waals surface area (Å²) >= 11 is 1.16. The van der Waals surface area contributed by atoms with Crippen molar-refractivity contribution in [3.63, 3.8) is 0 Å². The zero-order valence-electron chi connectivity index (χ0n) is 25.0. The molecule has 15 heteroatoms. The molecule has 46 heavy (non-hydrogen) atoms. The number of hydrogen-bond donors (Lipinski definition) is 2. The molecule has 1 saturated heterocycles. The number of alkyl carbamates (subject to hydrolysis) is 1. The topological polar surface area (TPSA) is 119 Å². The van der Waals surface area contributed by atoms with Crippen LogP contribution < -0.4 is 20.3 Å². The maximum atomic E-state index is 15.0. The molecule has 0 bridgehead atoms. The van der Waals surface area contributed by atoms with Gasteiger partial charge in [-0.3, -0.25) is 4.79 Å². The highest BCUT2D eigenvalue weighted by molar-refractivity contribution is 7.13. The Balaban J connectivity index is 1.54. The number of rotatable bonds is 8. The molecule has 4 aromatic rings. The first kappa shape index (κ1) is 32.6. The number of aromatic nitrogens is 3. The molecule has 0 radical (unpaired) electrons. The summed E-state index contributed by atoms with van der Waals surface area (Å²) in [4.78, 5) is 31.6. The highest BCUT2D eigenvalue weighted by Crippen LogP contribution is 2.49. The van der Waals surface area contributed by atoms with E-state index in [-0.39, 0.29) is 30.2 Å². The van der Waals surface area contributed by atoms with Crippen LogP contribution in [-0.2, 0) is 10.9 Å². The van der Waals surface area contributed by atoms with E-state index in [9.17, 15) is 27.2 Å². The van der Waals surface area contributed by atoms with Crippen molar-refractivity contribution in [1.82, 2.24) is 20.5 Å². The number of alkyl halides is 3. The van der Waals surface area contributed by atoms with Crippen LogP contribution in [0, 0.1) is 5.82 Å². The summed E-state index contributed by atoms with van der Waals surface area (Å²) in [6.07, 6.45) is -1.83. The Morgan fingerprint density at radius 3 is 2.54 bits per heavy atom. The SMILES string of the molecule is CC(C)(C)OC(=O)NC[C@H]1CCCN1c1c(NC(=O)c2csc(-c3ccnnc3)n2)ccc(Oc2ccccc2F)c1C(F)(F)F. The number of nitrogens with one attached hydrogen (secondary N) is 2. The molecule has 5 rings (SSSR count). The van der Waals surface area contributed by atoms with Crippen molar-refractivity contribution in [3.05, 3.63) is 77.3 Å². The van der Waals surface area contributed by atoms with Gasteiger partial charge in [0.1, 0.15) is 27.6 Å². The van der Waals surface area contributed by atoms with Crippen LogP contribution in [0.5, 0.6) is 11.5 Å². The minimum absolute atomic E-state index is 0.0208. The quantitative estimate of drug-likeness (QED) is 0.190. The second-order valence-corrected chi connectivity index (χ2v) is 12.2. The second kappa shape index (κ2) is 13.3. The van der Waals surface area contributed by atoms with E-state index in [0.717, 1.165) is 23.5 Å². The van der Waals surface area contributed by atoms with E-state index in [2.05, 4.69) is 25.8 Å². The van der Waals surface area contributed by atoms with Crippen LogP contribution >= 0.6 is 11.3 Å². The lowest BCUT2D eigenvalue weighted by molar-refractivity contribution is -0.138. The van der Waals surface area contributed by atoms with Crippen molar-refractivity contribution in [2.75, 3.05) is 23.3 Å². The van der Waals surface area contributed by atoms with E-state index >= 15 is 0 Å². The maximum Gasteiger partial charge on any atom is 0.422 e. The summed E-state index contributed by atoms with van der Waals surface area (Å²) in [5.74, 6) is -2.65. The van der Waals surface area contributed by atoms with Crippen LogP contribution in [0.3, 0.4) is 0 Å². The van der Waals surface area contributed by atoms with Gasteiger partial charge >= 0.3 is 12.3 Å². The predicted molar refractivity (Wildman–Crippen MR) is 164 cm³/mol. The minimum Gasteiger partial charge on any atom is -0.454 e. The van der Waals surface area contributed by atoms with Gasteiger partial charge in [0.05, 0.1) is 23.8 Å². The van der Waals surface area contributed by atoms with Gasteiger partial charge in [-0.05, 0) is 63.9 Å². The molecular formula is C31H30F4N6O4S. The largest absolute Gasteiger partial charge is 0.454 e. The number of carbonyl (C=O) groups is 2. The van der Waals surface area contributed by atoms with Gasteiger partial charge in [0, 0.05) is 30.1 Å². The highest BCUT2D eigenvalue weighted by atomic mass is 32.1. The van der Waals surface area contributed by atoms with E-state index < -0.39 is 52.7 Å². The molecule has 1 aliphatic rings. The molecule has 1 atom stereocenters. The van der Waals surface area contributed by atoms with Crippen molar-refractivity contribution in [1.29, 1.82) is 0 Å². The lowest BCUT2D eigenvalue weighted by Crippen LogP contribution is -2.43. The molecule has 2 aromatic heterocycles. The Morgan fingerprint density at radius 1 is 1.07 bits per heavy atom. The molecule has 0 unspecified atom stereocenters. The Hall–Kier alpha value is -4.79. The first-order valence-electron chi connectivity index (χ1n) is 14.2. The lowest BCUT2D eigenvalue weighted by atomic mass is 10.1. The third-order valence-electron chi connectivity index (χ3n) is 6.84. The van der Waals surface area contributed by atoms with Crippen molar-refractivity contribution < 1.29 is 36.6 Å². The first-order valence-corrected chi connectivity index (χ1v) is 15.1. The number of amides is 2. The smallest absolute Gasteiger partial charge is 0.422 e. The number of benzene rings is 2. The molecule has 242 valence electrons. The molecule has 0 aliphatic carbocycles. The summed E-state index contributed by atoms with van der Waals surface area (Å²) < 4.78 is 70.3. The number of hydrogen-bond acceptors (Lipinski definition) is 9. The average Bonchev–Trinajstić information content (AvgIpc) is 3.67.